The number of halogens is 1. The molecule has 0 bridgehead atoms. The van der Waals surface area contributed by atoms with Gasteiger partial charge in [0.15, 0.2) is 5.65 Å². The van der Waals surface area contributed by atoms with Crippen molar-refractivity contribution in [2.75, 3.05) is 5.73 Å². The van der Waals surface area contributed by atoms with E-state index in [0.717, 1.165) is 5.56 Å². The van der Waals surface area contributed by atoms with Crippen LogP contribution in [-0.4, -0.2) is 19.7 Å². The van der Waals surface area contributed by atoms with Crippen LogP contribution in [0.5, 0.6) is 0 Å². The largest absolute Gasteiger partial charge is 0.383 e. The second kappa shape index (κ2) is 4.06. The maximum Gasteiger partial charge on any atom is 0.163 e. The Kier molecular flexibility index (Phi) is 2.40. The molecule has 5 nitrogen and oxygen atoms in total. The van der Waals surface area contributed by atoms with Gasteiger partial charge in [-0.3, -0.25) is 0 Å². The topological polar surface area (TPSA) is 69.6 Å². The molecule has 0 fully saturated rings. The molecule has 2 heterocycles. The average Bonchev–Trinajstić information content (AvgIpc) is 2.74. The number of rotatable bonds is 2. The lowest BCUT2D eigenvalue weighted by atomic mass is 10.2. The number of nitrogens with zero attached hydrogens (tertiary/aromatic N) is 4. The molecule has 2 aromatic heterocycles. The predicted octanol–water partition coefficient (Wildman–Crippen LogP) is 1.60. The predicted molar refractivity (Wildman–Crippen MR) is 65.2 cm³/mol. The van der Waals surface area contributed by atoms with Crippen LogP contribution in [0.4, 0.5) is 10.2 Å². The SMILES string of the molecule is Nc1ncnc2c1cnn2Cc1cccc(F)c1. The van der Waals surface area contributed by atoms with E-state index in [-0.39, 0.29) is 5.82 Å². The highest BCUT2D eigenvalue weighted by Gasteiger charge is 2.07. The Morgan fingerprint density at radius 3 is 3.00 bits per heavy atom. The van der Waals surface area contributed by atoms with Crippen LogP contribution in [0.2, 0.25) is 0 Å². The number of aromatic nitrogens is 4. The van der Waals surface area contributed by atoms with Gasteiger partial charge in [0.2, 0.25) is 0 Å². The van der Waals surface area contributed by atoms with Gasteiger partial charge in [0.1, 0.15) is 18.0 Å². The summed E-state index contributed by atoms with van der Waals surface area (Å²) in [4.78, 5) is 8.03. The molecule has 18 heavy (non-hydrogen) atoms. The van der Waals surface area contributed by atoms with Gasteiger partial charge in [0.05, 0.1) is 18.1 Å². The Morgan fingerprint density at radius 2 is 2.17 bits per heavy atom. The van der Waals surface area contributed by atoms with Gasteiger partial charge < -0.3 is 5.73 Å². The fourth-order valence-corrected chi connectivity index (χ4v) is 1.84. The van der Waals surface area contributed by atoms with Crippen molar-refractivity contribution in [3.8, 4) is 0 Å². The third-order valence-electron chi connectivity index (χ3n) is 2.69. The summed E-state index contributed by atoms with van der Waals surface area (Å²) in [6.45, 7) is 0.442. The fourth-order valence-electron chi connectivity index (χ4n) is 1.84. The van der Waals surface area contributed by atoms with E-state index in [0.29, 0.717) is 23.4 Å². The average molecular weight is 243 g/mol. The van der Waals surface area contributed by atoms with Crippen LogP contribution >= 0.6 is 0 Å². The van der Waals surface area contributed by atoms with Gasteiger partial charge >= 0.3 is 0 Å². The van der Waals surface area contributed by atoms with Crippen molar-refractivity contribution < 1.29 is 4.39 Å². The Bertz CT molecular complexity index is 707. The summed E-state index contributed by atoms with van der Waals surface area (Å²) in [6, 6.07) is 6.38. The van der Waals surface area contributed by atoms with Crippen LogP contribution in [0, 0.1) is 5.82 Å². The molecule has 0 unspecified atom stereocenters. The number of nitrogen functional groups attached to an aromatic ring is 1. The molecule has 0 amide bonds. The Morgan fingerprint density at radius 1 is 1.28 bits per heavy atom. The first-order chi connectivity index (χ1) is 8.74. The summed E-state index contributed by atoms with van der Waals surface area (Å²) >= 11 is 0. The first kappa shape index (κ1) is 10.6. The lowest BCUT2D eigenvalue weighted by Gasteiger charge is -2.03. The molecule has 0 radical (unpaired) electrons. The molecule has 0 aliphatic heterocycles. The summed E-state index contributed by atoms with van der Waals surface area (Å²) in [5, 5.41) is 4.90. The summed E-state index contributed by atoms with van der Waals surface area (Å²) in [6.07, 6.45) is 3.01. The molecule has 0 aliphatic rings. The number of benzene rings is 1. The van der Waals surface area contributed by atoms with Crippen molar-refractivity contribution in [2.45, 2.75) is 6.54 Å². The van der Waals surface area contributed by atoms with Crippen LogP contribution < -0.4 is 5.73 Å². The minimum atomic E-state index is -0.266. The van der Waals surface area contributed by atoms with Crippen molar-refractivity contribution >= 4 is 16.9 Å². The fraction of sp³-hybridized carbons (Fsp3) is 0.0833. The highest BCUT2D eigenvalue weighted by molar-refractivity contribution is 5.84. The number of fused-ring (bicyclic) bond motifs is 1. The first-order valence-electron chi connectivity index (χ1n) is 5.40. The van der Waals surface area contributed by atoms with E-state index in [1.165, 1.54) is 18.5 Å². The van der Waals surface area contributed by atoms with Crippen LogP contribution in [0.1, 0.15) is 5.56 Å². The van der Waals surface area contributed by atoms with Gasteiger partial charge in [-0.15, -0.1) is 0 Å². The van der Waals surface area contributed by atoms with Crippen molar-refractivity contribution in [3.63, 3.8) is 0 Å². The molecule has 2 N–H and O–H groups in total. The molecule has 0 aliphatic carbocycles. The van der Waals surface area contributed by atoms with E-state index < -0.39 is 0 Å². The van der Waals surface area contributed by atoms with Gasteiger partial charge in [-0.2, -0.15) is 5.10 Å². The molecule has 0 saturated carbocycles. The third kappa shape index (κ3) is 1.77. The summed E-state index contributed by atoms with van der Waals surface area (Å²) in [5.74, 6) is 0.128. The number of nitrogens with two attached hydrogens (primary N) is 1. The molecular weight excluding hydrogens is 233 g/mol. The second-order valence-electron chi connectivity index (χ2n) is 3.93. The molecule has 3 aromatic rings. The van der Waals surface area contributed by atoms with Gasteiger partial charge in [0.25, 0.3) is 0 Å². The molecule has 6 heteroatoms. The van der Waals surface area contributed by atoms with E-state index in [1.807, 2.05) is 6.07 Å². The number of hydrogen-bond donors (Lipinski definition) is 1. The zero-order valence-corrected chi connectivity index (χ0v) is 9.42. The van der Waals surface area contributed by atoms with Crippen molar-refractivity contribution in [3.05, 3.63) is 48.2 Å². The normalized spacial score (nSPS) is 10.9. The van der Waals surface area contributed by atoms with E-state index in [4.69, 9.17) is 5.73 Å². The zero-order valence-electron chi connectivity index (χ0n) is 9.42. The minimum absolute atomic E-state index is 0.266. The lowest BCUT2D eigenvalue weighted by molar-refractivity contribution is 0.620. The maximum absolute atomic E-state index is 13.1. The summed E-state index contributed by atoms with van der Waals surface area (Å²) < 4.78 is 14.8. The van der Waals surface area contributed by atoms with Crippen LogP contribution in [0.3, 0.4) is 0 Å². The monoisotopic (exact) mass is 243 g/mol. The molecule has 1 aromatic carbocycles. The molecule has 3 rings (SSSR count). The highest BCUT2D eigenvalue weighted by atomic mass is 19.1. The molecule has 0 spiro atoms. The molecular formula is C12H10FN5. The quantitative estimate of drug-likeness (QED) is 0.742. The Labute approximate surface area is 102 Å². The van der Waals surface area contributed by atoms with Crippen LogP contribution in [0.25, 0.3) is 11.0 Å². The maximum atomic E-state index is 13.1. The standard InChI is InChI=1S/C12H10FN5/c13-9-3-1-2-8(4-9)6-18-12-10(5-17-18)11(14)15-7-16-12/h1-5,7H,6H2,(H2,14,15,16). The number of hydrogen-bond acceptors (Lipinski definition) is 4. The van der Waals surface area contributed by atoms with E-state index in [9.17, 15) is 4.39 Å². The van der Waals surface area contributed by atoms with Gasteiger partial charge in [0, 0.05) is 0 Å². The van der Waals surface area contributed by atoms with Gasteiger partial charge in [-0.25, -0.2) is 19.0 Å². The van der Waals surface area contributed by atoms with Gasteiger partial charge in [-0.05, 0) is 17.7 Å². The van der Waals surface area contributed by atoms with Crippen molar-refractivity contribution in [2.24, 2.45) is 0 Å². The molecule has 0 saturated heterocycles. The smallest absolute Gasteiger partial charge is 0.163 e. The second-order valence-corrected chi connectivity index (χ2v) is 3.93. The molecule has 90 valence electrons. The van der Waals surface area contributed by atoms with Gasteiger partial charge in [-0.1, -0.05) is 12.1 Å². The summed E-state index contributed by atoms with van der Waals surface area (Å²) in [7, 11) is 0. The Hall–Kier alpha value is -2.50. The van der Waals surface area contributed by atoms with E-state index in [1.54, 1.807) is 16.9 Å². The van der Waals surface area contributed by atoms with Crippen molar-refractivity contribution in [1.29, 1.82) is 0 Å². The molecule has 0 atom stereocenters. The number of anilines is 1. The first-order valence-corrected chi connectivity index (χ1v) is 5.40. The lowest BCUT2D eigenvalue weighted by Crippen LogP contribution is -2.03. The summed E-state index contributed by atoms with van der Waals surface area (Å²) in [5.41, 5.74) is 7.18. The Balaban J connectivity index is 2.03. The van der Waals surface area contributed by atoms with Crippen molar-refractivity contribution in [1.82, 2.24) is 19.7 Å². The third-order valence-corrected chi connectivity index (χ3v) is 2.69. The van der Waals surface area contributed by atoms with E-state index >= 15 is 0 Å². The van der Waals surface area contributed by atoms with Crippen LogP contribution in [-0.2, 0) is 6.54 Å². The highest BCUT2D eigenvalue weighted by Crippen LogP contribution is 2.16. The zero-order chi connectivity index (χ0) is 12.5. The van der Waals surface area contributed by atoms with E-state index in [2.05, 4.69) is 15.1 Å². The minimum Gasteiger partial charge on any atom is -0.383 e. The van der Waals surface area contributed by atoms with Crippen LogP contribution in [0.15, 0.2) is 36.8 Å².